The van der Waals surface area contributed by atoms with E-state index < -0.39 is 10.0 Å². The van der Waals surface area contributed by atoms with Gasteiger partial charge in [-0.25, -0.2) is 13.2 Å². The Bertz CT molecular complexity index is 832. The Labute approximate surface area is 147 Å². The van der Waals surface area contributed by atoms with Crippen molar-refractivity contribution in [3.05, 3.63) is 60.2 Å². The highest BCUT2D eigenvalue weighted by Gasteiger charge is 2.23. The summed E-state index contributed by atoms with van der Waals surface area (Å²) in [6, 6.07) is 15.6. The summed E-state index contributed by atoms with van der Waals surface area (Å²) < 4.78 is 26.6. The molecule has 0 aliphatic heterocycles. The van der Waals surface area contributed by atoms with Crippen LogP contribution in [0.25, 0.3) is 0 Å². The van der Waals surface area contributed by atoms with Gasteiger partial charge in [0.05, 0.1) is 4.90 Å². The highest BCUT2D eigenvalue weighted by Crippen LogP contribution is 2.21. The number of nitrogens with zero attached hydrogens (tertiary/aromatic N) is 1. The second-order valence-electron chi connectivity index (χ2n) is 6.14. The maximum absolute atomic E-state index is 12.6. The highest BCUT2D eigenvalue weighted by atomic mass is 32.2. The quantitative estimate of drug-likeness (QED) is 0.832. The van der Waals surface area contributed by atoms with Crippen molar-refractivity contribution in [3.8, 4) is 0 Å². The summed E-state index contributed by atoms with van der Waals surface area (Å²) in [6.45, 7) is 0.299. The number of sulfonamides is 1. The van der Waals surface area contributed by atoms with Gasteiger partial charge in [-0.1, -0.05) is 30.3 Å². The van der Waals surface area contributed by atoms with Crippen LogP contribution in [-0.4, -0.2) is 31.8 Å². The van der Waals surface area contributed by atoms with E-state index in [1.165, 1.54) is 16.4 Å². The van der Waals surface area contributed by atoms with E-state index in [-0.39, 0.29) is 17.0 Å². The van der Waals surface area contributed by atoms with E-state index in [0.717, 1.165) is 18.4 Å². The standard InChI is InChI=1S/C18H21N3O3S/c1-21(13-14-5-3-2-4-6-14)25(23,24)17-11-9-16(10-12-17)20-18(22)19-15-7-8-15/h2-6,9-12,15H,7-8,13H2,1H3,(H2,19,20,22). The zero-order chi connectivity index (χ0) is 17.9. The molecule has 2 N–H and O–H groups in total. The van der Waals surface area contributed by atoms with Gasteiger partial charge in [0.25, 0.3) is 0 Å². The number of anilines is 1. The molecule has 25 heavy (non-hydrogen) atoms. The molecular weight excluding hydrogens is 338 g/mol. The molecule has 0 saturated heterocycles. The number of rotatable bonds is 6. The lowest BCUT2D eigenvalue weighted by molar-refractivity contribution is 0.251. The summed E-state index contributed by atoms with van der Waals surface area (Å²) in [6.07, 6.45) is 2.02. The molecule has 1 saturated carbocycles. The van der Waals surface area contributed by atoms with E-state index >= 15 is 0 Å². The maximum Gasteiger partial charge on any atom is 0.319 e. The van der Waals surface area contributed by atoms with Gasteiger partial charge in [-0.05, 0) is 42.7 Å². The van der Waals surface area contributed by atoms with Crippen molar-refractivity contribution in [3.63, 3.8) is 0 Å². The second kappa shape index (κ2) is 7.25. The molecule has 0 radical (unpaired) electrons. The van der Waals surface area contributed by atoms with Crippen molar-refractivity contribution in [2.45, 2.75) is 30.3 Å². The maximum atomic E-state index is 12.6. The molecule has 0 bridgehead atoms. The number of carbonyl (C=O) groups is 1. The van der Waals surface area contributed by atoms with Crippen molar-refractivity contribution in [1.29, 1.82) is 0 Å². The third-order valence-corrected chi connectivity index (χ3v) is 5.80. The van der Waals surface area contributed by atoms with Crippen LogP contribution in [0.5, 0.6) is 0 Å². The summed E-state index contributed by atoms with van der Waals surface area (Å²) >= 11 is 0. The minimum atomic E-state index is -3.59. The predicted octanol–water partition coefficient (Wildman–Crippen LogP) is 2.79. The highest BCUT2D eigenvalue weighted by molar-refractivity contribution is 7.89. The van der Waals surface area contributed by atoms with Gasteiger partial charge < -0.3 is 10.6 Å². The molecule has 0 spiro atoms. The lowest BCUT2D eigenvalue weighted by Gasteiger charge is -2.17. The van der Waals surface area contributed by atoms with Crippen LogP contribution in [-0.2, 0) is 16.6 Å². The number of carbonyl (C=O) groups excluding carboxylic acids is 1. The smallest absolute Gasteiger partial charge is 0.319 e. The van der Waals surface area contributed by atoms with E-state index in [1.54, 1.807) is 19.2 Å². The van der Waals surface area contributed by atoms with Crippen LogP contribution in [0.1, 0.15) is 18.4 Å². The first-order chi connectivity index (χ1) is 11.9. The van der Waals surface area contributed by atoms with Crippen molar-refractivity contribution < 1.29 is 13.2 Å². The first kappa shape index (κ1) is 17.4. The minimum absolute atomic E-state index is 0.194. The van der Waals surface area contributed by atoms with Crippen LogP contribution < -0.4 is 10.6 Å². The van der Waals surface area contributed by atoms with Crippen LogP contribution in [0.4, 0.5) is 10.5 Å². The number of hydrogen-bond donors (Lipinski definition) is 2. The summed E-state index contributed by atoms with van der Waals surface area (Å²) in [7, 11) is -2.03. The van der Waals surface area contributed by atoms with Gasteiger partial charge in [0.1, 0.15) is 0 Å². The molecular formula is C18H21N3O3S. The molecule has 1 aliphatic carbocycles. The zero-order valence-corrected chi connectivity index (χ0v) is 14.8. The molecule has 3 rings (SSSR count). The summed E-state index contributed by atoms with van der Waals surface area (Å²) in [4.78, 5) is 11.9. The van der Waals surface area contributed by atoms with Gasteiger partial charge >= 0.3 is 6.03 Å². The van der Waals surface area contributed by atoms with Crippen LogP contribution >= 0.6 is 0 Å². The number of benzene rings is 2. The van der Waals surface area contributed by atoms with Gasteiger partial charge in [0, 0.05) is 25.3 Å². The second-order valence-corrected chi connectivity index (χ2v) is 8.19. The molecule has 2 aromatic carbocycles. The molecule has 7 heteroatoms. The minimum Gasteiger partial charge on any atom is -0.335 e. The van der Waals surface area contributed by atoms with Gasteiger partial charge in [0.2, 0.25) is 10.0 Å². The van der Waals surface area contributed by atoms with Crippen LogP contribution in [0, 0.1) is 0 Å². The average Bonchev–Trinajstić information content (AvgIpc) is 3.40. The summed E-state index contributed by atoms with van der Waals surface area (Å²) in [5, 5.41) is 5.52. The molecule has 2 amide bonds. The van der Waals surface area contributed by atoms with E-state index in [2.05, 4.69) is 10.6 Å². The molecule has 1 fully saturated rings. The Balaban J connectivity index is 1.66. The van der Waals surface area contributed by atoms with E-state index in [0.29, 0.717) is 12.2 Å². The topological polar surface area (TPSA) is 78.5 Å². The van der Waals surface area contributed by atoms with Crippen molar-refractivity contribution in [2.24, 2.45) is 0 Å². The Morgan fingerprint density at radius 3 is 2.32 bits per heavy atom. The van der Waals surface area contributed by atoms with Crippen molar-refractivity contribution in [1.82, 2.24) is 9.62 Å². The SMILES string of the molecule is CN(Cc1ccccc1)S(=O)(=O)c1ccc(NC(=O)NC2CC2)cc1. The molecule has 2 aromatic rings. The number of nitrogens with one attached hydrogen (secondary N) is 2. The molecule has 0 aromatic heterocycles. The molecule has 1 aliphatic rings. The lowest BCUT2D eigenvalue weighted by Crippen LogP contribution is -2.30. The van der Waals surface area contributed by atoms with E-state index in [9.17, 15) is 13.2 Å². The zero-order valence-electron chi connectivity index (χ0n) is 14.0. The summed E-state index contributed by atoms with van der Waals surface area (Å²) in [5.41, 5.74) is 1.48. The van der Waals surface area contributed by atoms with Crippen LogP contribution in [0.15, 0.2) is 59.5 Å². The third kappa shape index (κ3) is 4.58. The lowest BCUT2D eigenvalue weighted by atomic mass is 10.2. The number of urea groups is 1. The molecule has 0 heterocycles. The molecule has 132 valence electrons. The molecule has 0 atom stereocenters. The van der Waals surface area contributed by atoms with Crippen molar-refractivity contribution >= 4 is 21.7 Å². The third-order valence-electron chi connectivity index (χ3n) is 3.98. The number of amides is 2. The van der Waals surface area contributed by atoms with Gasteiger partial charge in [0.15, 0.2) is 0 Å². The Kier molecular flexibility index (Phi) is 5.06. The fourth-order valence-electron chi connectivity index (χ4n) is 2.40. The van der Waals surface area contributed by atoms with Crippen LogP contribution in [0.2, 0.25) is 0 Å². The first-order valence-electron chi connectivity index (χ1n) is 8.13. The Hall–Kier alpha value is -2.38. The Morgan fingerprint density at radius 2 is 1.72 bits per heavy atom. The van der Waals surface area contributed by atoms with Crippen molar-refractivity contribution in [2.75, 3.05) is 12.4 Å². The Morgan fingerprint density at radius 1 is 1.08 bits per heavy atom. The molecule has 0 unspecified atom stereocenters. The number of hydrogen-bond acceptors (Lipinski definition) is 3. The van der Waals surface area contributed by atoms with E-state index in [1.807, 2.05) is 30.3 Å². The van der Waals surface area contributed by atoms with E-state index in [4.69, 9.17) is 0 Å². The van der Waals surface area contributed by atoms with Gasteiger partial charge in [-0.15, -0.1) is 0 Å². The normalized spacial score (nSPS) is 14.3. The van der Waals surface area contributed by atoms with Gasteiger partial charge in [-0.3, -0.25) is 0 Å². The predicted molar refractivity (Wildman–Crippen MR) is 96.7 cm³/mol. The fourth-order valence-corrected chi connectivity index (χ4v) is 3.55. The molecule has 6 nitrogen and oxygen atoms in total. The van der Waals surface area contributed by atoms with Gasteiger partial charge in [-0.2, -0.15) is 4.31 Å². The largest absolute Gasteiger partial charge is 0.335 e. The monoisotopic (exact) mass is 359 g/mol. The average molecular weight is 359 g/mol. The van der Waals surface area contributed by atoms with Crippen LogP contribution in [0.3, 0.4) is 0 Å². The first-order valence-corrected chi connectivity index (χ1v) is 9.57. The fraction of sp³-hybridized carbons (Fsp3) is 0.278. The summed E-state index contributed by atoms with van der Waals surface area (Å²) in [5.74, 6) is 0.